The molecule has 30 heavy (non-hydrogen) atoms. The molecule has 2 aliphatic rings. The topological polar surface area (TPSA) is 65.6 Å². The van der Waals surface area contributed by atoms with Gasteiger partial charge >= 0.3 is 0 Å². The summed E-state index contributed by atoms with van der Waals surface area (Å²) in [7, 11) is 1.64. The standard InChI is InChI=1S/C24H25N3O3/c1-3-12-26-14-21(28)27-19(24(26)29)13-17-15-8-4-6-10-18(15)25-22(17)23(27)16-9-5-7-11-20(16)30-2/h4-11,19,23,25H,3,12-14H2,1-2H3. The molecule has 0 spiro atoms. The van der Waals surface area contributed by atoms with Crippen molar-refractivity contribution in [1.82, 2.24) is 14.8 Å². The second-order valence-corrected chi connectivity index (χ2v) is 7.99. The van der Waals surface area contributed by atoms with Gasteiger partial charge in [0.15, 0.2) is 0 Å². The lowest BCUT2D eigenvalue weighted by Crippen LogP contribution is -2.63. The summed E-state index contributed by atoms with van der Waals surface area (Å²) >= 11 is 0. The van der Waals surface area contributed by atoms with Crippen LogP contribution < -0.4 is 4.74 Å². The van der Waals surface area contributed by atoms with Crippen molar-refractivity contribution in [1.29, 1.82) is 0 Å². The summed E-state index contributed by atoms with van der Waals surface area (Å²) in [6, 6.07) is 15.0. The van der Waals surface area contributed by atoms with Crippen LogP contribution in [0.2, 0.25) is 0 Å². The highest BCUT2D eigenvalue weighted by Gasteiger charge is 2.48. The van der Waals surface area contributed by atoms with Crippen molar-refractivity contribution in [3.8, 4) is 5.75 Å². The minimum Gasteiger partial charge on any atom is -0.496 e. The highest BCUT2D eigenvalue weighted by molar-refractivity contribution is 5.97. The number of para-hydroxylation sites is 2. The van der Waals surface area contributed by atoms with Crippen LogP contribution in [0.4, 0.5) is 0 Å². The van der Waals surface area contributed by atoms with Gasteiger partial charge < -0.3 is 19.5 Å². The first-order valence-corrected chi connectivity index (χ1v) is 10.5. The van der Waals surface area contributed by atoms with Gasteiger partial charge in [-0.25, -0.2) is 0 Å². The lowest BCUT2D eigenvalue weighted by atomic mass is 9.86. The van der Waals surface area contributed by atoms with Gasteiger partial charge in [0.2, 0.25) is 11.8 Å². The third-order valence-corrected chi connectivity index (χ3v) is 6.27. The Balaban J connectivity index is 1.73. The fourth-order valence-corrected chi connectivity index (χ4v) is 5.00. The first kappa shape index (κ1) is 18.7. The maximum Gasteiger partial charge on any atom is 0.246 e. The molecule has 154 valence electrons. The van der Waals surface area contributed by atoms with Crippen molar-refractivity contribution >= 4 is 22.7 Å². The van der Waals surface area contributed by atoms with Crippen LogP contribution in [0.5, 0.6) is 5.75 Å². The van der Waals surface area contributed by atoms with Gasteiger partial charge in [0.25, 0.3) is 0 Å². The molecule has 2 atom stereocenters. The van der Waals surface area contributed by atoms with Crippen molar-refractivity contribution < 1.29 is 14.3 Å². The lowest BCUT2D eigenvalue weighted by Gasteiger charge is -2.47. The van der Waals surface area contributed by atoms with E-state index in [2.05, 4.69) is 11.1 Å². The molecule has 2 aromatic carbocycles. The number of H-pyrrole nitrogens is 1. The number of nitrogens with zero attached hydrogens (tertiary/aromatic N) is 2. The van der Waals surface area contributed by atoms with Gasteiger partial charge in [-0.15, -0.1) is 0 Å². The summed E-state index contributed by atoms with van der Waals surface area (Å²) < 4.78 is 5.64. The Hall–Kier alpha value is -3.28. The number of fused-ring (bicyclic) bond motifs is 4. The Morgan fingerprint density at radius 1 is 1.10 bits per heavy atom. The number of methoxy groups -OCH3 is 1. The van der Waals surface area contributed by atoms with Gasteiger partial charge in [-0.05, 0) is 24.1 Å². The van der Waals surface area contributed by atoms with Gasteiger partial charge in [0, 0.05) is 35.1 Å². The predicted octanol–water partition coefficient (Wildman–Crippen LogP) is 3.27. The van der Waals surface area contributed by atoms with Crippen LogP contribution in [-0.2, 0) is 16.0 Å². The number of nitrogens with one attached hydrogen (secondary N) is 1. The largest absolute Gasteiger partial charge is 0.496 e. The van der Waals surface area contributed by atoms with Crippen molar-refractivity contribution in [2.45, 2.75) is 31.8 Å². The Morgan fingerprint density at radius 3 is 2.67 bits per heavy atom. The third kappa shape index (κ3) is 2.70. The highest BCUT2D eigenvalue weighted by atomic mass is 16.5. The molecule has 2 aliphatic heterocycles. The Kier molecular flexibility index (Phi) is 4.50. The number of carbonyl (C=O) groups is 2. The molecule has 0 radical (unpaired) electrons. The number of ether oxygens (including phenoxy) is 1. The molecule has 5 rings (SSSR count). The predicted molar refractivity (Wildman–Crippen MR) is 114 cm³/mol. The minimum atomic E-state index is -0.501. The highest BCUT2D eigenvalue weighted by Crippen LogP contribution is 2.44. The van der Waals surface area contributed by atoms with Crippen LogP contribution in [0.15, 0.2) is 48.5 Å². The molecule has 1 fully saturated rings. The van der Waals surface area contributed by atoms with E-state index in [0.29, 0.717) is 18.7 Å². The van der Waals surface area contributed by atoms with E-state index in [1.54, 1.807) is 16.9 Å². The second-order valence-electron chi connectivity index (χ2n) is 7.99. The van der Waals surface area contributed by atoms with Crippen LogP contribution in [-0.4, -0.2) is 52.8 Å². The number of rotatable bonds is 4. The van der Waals surface area contributed by atoms with E-state index < -0.39 is 6.04 Å². The van der Waals surface area contributed by atoms with Crippen LogP contribution in [0.1, 0.15) is 36.2 Å². The number of aromatic nitrogens is 1. The molecule has 0 aliphatic carbocycles. The van der Waals surface area contributed by atoms with Crippen LogP contribution in [0.3, 0.4) is 0 Å². The van der Waals surface area contributed by atoms with E-state index in [4.69, 9.17) is 4.74 Å². The fraction of sp³-hybridized carbons (Fsp3) is 0.333. The molecule has 6 heteroatoms. The molecule has 1 saturated heterocycles. The number of carbonyl (C=O) groups excluding carboxylic acids is 2. The smallest absolute Gasteiger partial charge is 0.246 e. The molecule has 0 bridgehead atoms. The SMILES string of the molecule is CCCN1CC(=O)N2C(Cc3c([nH]c4ccccc34)C2c2ccccc2OC)C1=O. The zero-order valence-corrected chi connectivity index (χ0v) is 17.2. The maximum atomic E-state index is 13.4. The van der Waals surface area contributed by atoms with E-state index in [9.17, 15) is 9.59 Å². The zero-order valence-electron chi connectivity index (χ0n) is 17.2. The molecular formula is C24H25N3O3. The molecule has 0 saturated carbocycles. The average Bonchev–Trinajstić information content (AvgIpc) is 3.14. The average molecular weight is 403 g/mol. The number of aromatic amines is 1. The summed E-state index contributed by atoms with van der Waals surface area (Å²) in [5.74, 6) is 0.726. The minimum absolute atomic E-state index is 0.0201. The van der Waals surface area contributed by atoms with Crippen LogP contribution in [0.25, 0.3) is 10.9 Å². The first-order valence-electron chi connectivity index (χ1n) is 10.5. The molecule has 6 nitrogen and oxygen atoms in total. The monoisotopic (exact) mass is 403 g/mol. The quantitative estimate of drug-likeness (QED) is 0.727. The number of piperazine rings is 1. The summed E-state index contributed by atoms with van der Waals surface area (Å²) in [5.41, 5.74) is 4.00. The normalized spacial score (nSPS) is 21.0. The van der Waals surface area contributed by atoms with Crippen molar-refractivity contribution in [3.05, 3.63) is 65.4 Å². The van der Waals surface area contributed by atoms with Gasteiger partial charge in [0.1, 0.15) is 17.8 Å². The van der Waals surface area contributed by atoms with Crippen molar-refractivity contribution in [3.63, 3.8) is 0 Å². The van der Waals surface area contributed by atoms with E-state index >= 15 is 0 Å². The second kappa shape index (κ2) is 7.20. The Bertz CT molecular complexity index is 1140. The van der Waals surface area contributed by atoms with Gasteiger partial charge in [-0.2, -0.15) is 0 Å². The Labute approximate surface area is 175 Å². The molecule has 1 N–H and O–H groups in total. The Morgan fingerprint density at radius 2 is 1.87 bits per heavy atom. The van der Waals surface area contributed by atoms with Gasteiger partial charge in [-0.1, -0.05) is 43.3 Å². The summed E-state index contributed by atoms with van der Waals surface area (Å²) in [5, 5.41) is 1.11. The first-order chi connectivity index (χ1) is 14.6. The van der Waals surface area contributed by atoms with Crippen molar-refractivity contribution in [2.75, 3.05) is 20.2 Å². The number of hydrogen-bond acceptors (Lipinski definition) is 3. The summed E-state index contributed by atoms with van der Waals surface area (Å²) in [6.07, 6.45) is 1.36. The molecular weight excluding hydrogens is 378 g/mol. The van der Waals surface area contributed by atoms with E-state index in [0.717, 1.165) is 34.1 Å². The van der Waals surface area contributed by atoms with Gasteiger partial charge in [0.05, 0.1) is 13.7 Å². The van der Waals surface area contributed by atoms with Crippen LogP contribution in [0, 0.1) is 0 Å². The third-order valence-electron chi connectivity index (χ3n) is 6.27. The summed E-state index contributed by atoms with van der Waals surface area (Å²) in [6.45, 7) is 2.76. The van der Waals surface area contributed by atoms with E-state index in [1.165, 1.54) is 0 Å². The maximum absolute atomic E-state index is 13.4. The van der Waals surface area contributed by atoms with E-state index in [-0.39, 0.29) is 24.4 Å². The fourth-order valence-electron chi connectivity index (χ4n) is 5.00. The van der Waals surface area contributed by atoms with Crippen molar-refractivity contribution in [2.24, 2.45) is 0 Å². The van der Waals surface area contributed by atoms with Gasteiger partial charge in [-0.3, -0.25) is 9.59 Å². The molecule has 2 amide bonds. The number of amides is 2. The summed E-state index contributed by atoms with van der Waals surface area (Å²) in [4.78, 5) is 33.8. The molecule has 1 aromatic heterocycles. The lowest BCUT2D eigenvalue weighted by molar-refractivity contribution is -0.158. The molecule has 3 heterocycles. The molecule has 2 unspecified atom stereocenters. The van der Waals surface area contributed by atoms with E-state index in [1.807, 2.05) is 49.4 Å². The zero-order chi connectivity index (χ0) is 20.8. The number of hydrogen-bond donors (Lipinski definition) is 1. The molecule has 3 aromatic rings. The van der Waals surface area contributed by atoms with Crippen LogP contribution >= 0.6 is 0 Å². The number of benzene rings is 2.